The third-order valence-corrected chi connectivity index (χ3v) is 2.25. The Morgan fingerprint density at radius 3 is 2.40 bits per heavy atom. The summed E-state index contributed by atoms with van der Waals surface area (Å²) in [7, 11) is 0. The maximum absolute atomic E-state index is 8.49. The van der Waals surface area contributed by atoms with Crippen LogP contribution in [0.25, 0.3) is 27.0 Å². The van der Waals surface area contributed by atoms with Gasteiger partial charge in [-0.15, -0.1) is 0 Å². The smallest absolute Gasteiger partial charge is 0.0723 e. The summed E-state index contributed by atoms with van der Waals surface area (Å²) in [6, 6.07) is 7.32. The summed E-state index contributed by atoms with van der Waals surface area (Å²) in [4.78, 5) is 5.43. The van der Waals surface area contributed by atoms with E-state index < -0.39 is 5.66 Å². The summed E-state index contributed by atoms with van der Waals surface area (Å²) in [5, 5.41) is 7.12. The van der Waals surface area contributed by atoms with Gasteiger partial charge in [0.15, 0.2) is 5.66 Å². The van der Waals surface area contributed by atoms with Gasteiger partial charge in [-0.1, -0.05) is 46.6 Å². The summed E-state index contributed by atoms with van der Waals surface area (Å²) in [6.07, 6.45) is 3.37. The van der Waals surface area contributed by atoms with Crippen LogP contribution in [-0.2, 0) is 5.66 Å². The average molecular weight is 198 g/mol. The fourth-order valence-electron chi connectivity index (χ4n) is 1.60. The molecule has 0 aliphatic heterocycles. The van der Waals surface area contributed by atoms with Crippen LogP contribution in [0.5, 0.6) is 0 Å². The first-order valence-corrected chi connectivity index (χ1v) is 4.24. The van der Waals surface area contributed by atoms with Gasteiger partial charge >= 0.3 is 0 Å². The SMILES string of the molecule is [N-]=[N+]=NC1(N=[N+]=[N-])C=Cc2ccccc21. The molecule has 0 N–H and O–H groups in total. The zero-order valence-corrected chi connectivity index (χ0v) is 7.65. The van der Waals surface area contributed by atoms with Gasteiger partial charge in [0.05, 0.1) is 0 Å². The van der Waals surface area contributed by atoms with Gasteiger partial charge < -0.3 is 0 Å². The van der Waals surface area contributed by atoms with E-state index in [2.05, 4.69) is 20.1 Å². The van der Waals surface area contributed by atoms with E-state index in [0.29, 0.717) is 5.56 Å². The van der Waals surface area contributed by atoms with Crippen LogP contribution in [0.4, 0.5) is 0 Å². The second-order valence-electron chi connectivity index (χ2n) is 3.03. The van der Waals surface area contributed by atoms with Crippen LogP contribution >= 0.6 is 0 Å². The standard InChI is InChI=1S/C9H6N6/c10-14-12-9(13-15-11)6-5-7-3-1-2-4-8(7)9/h1-6H. The predicted octanol–water partition coefficient (Wildman–Crippen LogP) is 3.49. The highest BCUT2D eigenvalue weighted by molar-refractivity contribution is 5.64. The molecule has 15 heavy (non-hydrogen) atoms. The Morgan fingerprint density at radius 1 is 1.07 bits per heavy atom. The normalized spacial score (nSPS) is 21.3. The molecule has 1 aliphatic carbocycles. The second kappa shape index (κ2) is 3.38. The molecule has 0 radical (unpaired) electrons. The van der Waals surface area contributed by atoms with Crippen LogP contribution in [0.15, 0.2) is 40.6 Å². The molecule has 1 aromatic carbocycles. The Balaban J connectivity index is 2.69. The number of fused-ring (bicyclic) bond motifs is 1. The van der Waals surface area contributed by atoms with Gasteiger partial charge in [0.1, 0.15) is 0 Å². The zero-order valence-electron chi connectivity index (χ0n) is 7.65. The van der Waals surface area contributed by atoms with Crippen molar-refractivity contribution in [3.8, 4) is 0 Å². The third kappa shape index (κ3) is 1.30. The first-order valence-electron chi connectivity index (χ1n) is 4.24. The van der Waals surface area contributed by atoms with Gasteiger partial charge in [-0.25, -0.2) is 0 Å². The largest absolute Gasteiger partial charge is 0.171 e. The summed E-state index contributed by atoms with van der Waals surface area (Å²) in [6.45, 7) is 0. The van der Waals surface area contributed by atoms with E-state index in [0.717, 1.165) is 5.56 Å². The lowest BCUT2D eigenvalue weighted by molar-refractivity contribution is 0.594. The number of hydrogen-bond acceptors (Lipinski definition) is 2. The van der Waals surface area contributed by atoms with Crippen LogP contribution in [0, 0.1) is 0 Å². The maximum atomic E-state index is 8.49. The summed E-state index contributed by atoms with van der Waals surface area (Å²) in [5.74, 6) is 0. The van der Waals surface area contributed by atoms with Gasteiger partial charge in [-0.2, -0.15) is 0 Å². The zero-order chi connectivity index (χ0) is 10.7. The Morgan fingerprint density at radius 2 is 1.73 bits per heavy atom. The number of azide groups is 1. The fourth-order valence-corrected chi connectivity index (χ4v) is 1.60. The first kappa shape index (κ1) is 9.15. The second-order valence-corrected chi connectivity index (χ2v) is 3.03. The molecule has 0 aromatic heterocycles. The minimum absolute atomic E-state index is 0.709. The van der Waals surface area contributed by atoms with Crippen LogP contribution in [0.2, 0.25) is 0 Å². The van der Waals surface area contributed by atoms with Gasteiger partial charge in [-0.05, 0) is 22.2 Å². The van der Waals surface area contributed by atoms with Gasteiger partial charge in [0.2, 0.25) is 0 Å². The maximum Gasteiger partial charge on any atom is 0.171 e. The Bertz CT molecular complexity index is 501. The first-order chi connectivity index (χ1) is 7.32. The molecule has 2 rings (SSSR count). The number of rotatable bonds is 2. The van der Waals surface area contributed by atoms with Gasteiger partial charge in [0, 0.05) is 9.82 Å². The highest BCUT2D eigenvalue weighted by atomic mass is 15.3. The van der Waals surface area contributed by atoms with E-state index in [9.17, 15) is 0 Å². The molecule has 1 aliphatic rings. The van der Waals surface area contributed by atoms with E-state index in [1.165, 1.54) is 0 Å². The van der Waals surface area contributed by atoms with Crippen molar-refractivity contribution < 1.29 is 0 Å². The lowest BCUT2D eigenvalue weighted by atomic mass is 10.0. The van der Waals surface area contributed by atoms with E-state index in [1.807, 2.05) is 12.1 Å². The van der Waals surface area contributed by atoms with Crippen molar-refractivity contribution in [1.29, 1.82) is 0 Å². The molecular weight excluding hydrogens is 192 g/mol. The predicted molar refractivity (Wildman–Crippen MR) is 55.4 cm³/mol. The summed E-state index contributed by atoms with van der Waals surface area (Å²) >= 11 is 0. The van der Waals surface area contributed by atoms with Gasteiger partial charge in [-0.3, -0.25) is 0 Å². The molecule has 0 saturated heterocycles. The molecule has 6 nitrogen and oxygen atoms in total. The molecule has 0 bridgehead atoms. The fraction of sp³-hybridized carbons (Fsp3) is 0.111. The summed E-state index contributed by atoms with van der Waals surface area (Å²) < 4.78 is 0. The topological polar surface area (TPSA) is 97.5 Å². The molecule has 0 heterocycles. The van der Waals surface area contributed by atoms with E-state index in [1.54, 1.807) is 24.3 Å². The number of hydrogen-bond donors (Lipinski definition) is 0. The third-order valence-electron chi connectivity index (χ3n) is 2.25. The molecule has 0 atom stereocenters. The lowest BCUT2D eigenvalue weighted by Crippen LogP contribution is -2.13. The van der Waals surface area contributed by atoms with Gasteiger partial charge in [0.25, 0.3) is 0 Å². The van der Waals surface area contributed by atoms with Crippen molar-refractivity contribution in [2.75, 3.05) is 0 Å². The summed E-state index contributed by atoms with van der Waals surface area (Å²) in [5.41, 5.74) is 17.3. The highest BCUT2D eigenvalue weighted by Gasteiger charge is 2.32. The van der Waals surface area contributed by atoms with Crippen molar-refractivity contribution in [3.63, 3.8) is 0 Å². The van der Waals surface area contributed by atoms with Crippen molar-refractivity contribution >= 4 is 6.08 Å². The minimum atomic E-state index is -1.24. The molecular formula is C9H6N6. The minimum Gasteiger partial charge on any atom is -0.0723 e. The van der Waals surface area contributed by atoms with Crippen molar-refractivity contribution in [3.05, 3.63) is 62.4 Å². The molecule has 0 fully saturated rings. The Labute approximate surface area is 85.1 Å². The monoisotopic (exact) mass is 198 g/mol. The molecule has 1 aromatic rings. The average Bonchev–Trinajstić information content (AvgIpc) is 2.60. The van der Waals surface area contributed by atoms with E-state index in [4.69, 9.17) is 11.1 Å². The molecule has 0 unspecified atom stereocenters. The molecule has 0 amide bonds. The Kier molecular flexibility index (Phi) is 2.06. The molecule has 72 valence electrons. The van der Waals surface area contributed by atoms with E-state index >= 15 is 0 Å². The molecule has 0 spiro atoms. The number of nitrogens with zero attached hydrogens (tertiary/aromatic N) is 6. The molecule has 0 saturated carbocycles. The van der Waals surface area contributed by atoms with Crippen LogP contribution in [-0.4, -0.2) is 0 Å². The number of benzene rings is 1. The van der Waals surface area contributed by atoms with Crippen molar-refractivity contribution in [2.45, 2.75) is 5.66 Å². The lowest BCUT2D eigenvalue weighted by Gasteiger charge is -2.15. The quantitative estimate of drug-likeness (QED) is 0.394. The van der Waals surface area contributed by atoms with Crippen LogP contribution in [0.1, 0.15) is 11.1 Å². The van der Waals surface area contributed by atoms with Crippen molar-refractivity contribution in [1.82, 2.24) is 0 Å². The van der Waals surface area contributed by atoms with E-state index in [-0.39, 0.29) is 0 Å². The van der Waals surface area contributed by atoms with Crippen molar-refractivity contribution in [2.24, 2.45) is 10.2 Å². The van der Waals surface area contributed by atoms with Crippen LogP contribution < -0.4 is 0 Å². The Hall–Kier alpha value is -2.42. The van der Waals surface area contributed by atoms with Crippen LogP contribution in [0.3, 0.4) is 0 Å². The molecule has 6 heteroatoms. The highest BCUT2D eigenvalue weighted by Crippen LogP contribution is 2.38.